The number of nitrogens with zero attached hydrogens (tertiary/aromatic N) is 2. The molecule has 0 bridgehead atoms. The summed E-state index contributed by atoms with van der Waals surface area (Å²) in [5.74, 6) is -0.127. The molecule has 0 aliphatic rings. The van der Waals surface area contributed by atoms with Crippen molar-refractivity contribution in [2.75, 3.05) is 0 Å². The number of hydrogen-bond donors (Lipinski definition) is 0. The molecule has 0 fully saturated rings. The molecular formula is C9H4F3IN2O. The summed E-state index contributed by atoms with van der Waals surface area (Å²) in [5.41, 5.74) is -0.888. The van der Waals surface area contributed by atoms with Crippen LogP contribution in [0, 0.1) is 3.83 Å². The summed E-state index contributed by atoms with van der Waals surface area (Å²) in [6, 6.07) is 5.08. The first-order valence-electron chi connectivity index (χ1n) is 4.14. The Morgan fingerprint density at radius 1 is 1.19 bits per heavy atom. The van der Waals surface area contributed by atoms with E-state index in [1.165, 1.54) is 18.2 Å². The molecule has 0 saturated carbocycles. The molecule has 16 heavy (non-hydrogen) atoms. The molecule has 2 aromatic rings. The molecule has 3 nitrogen and oxygen atoms in total. The molecule has 0 atom stereocenters. The third-order valence-corrected chi connectivity index (χ3v) is 2.30. The van der Waals surface area contributed by atoms with Crippen LogP contribution in [0.2, 0.25) is 0 Å². The number of hydrogen-bond acceptors (Lipinski definition) is 3. The minimum atomic E-state index is -4.43. The highest BCUT2D eigenvalue weighted by Gasteiger charge is 2.34. The van der Waals surface area contributed by atoms with Crippen LogP contribution in [0.25, 0.3) is 11.5 Å². The molecule has 0 spiro atoms. The standard InChI is InChI=1S/C9H4F3IN2O/c10-9(11,12)6-4-2-1-3-5(6)7-14-8(13)15-16-7/h1-4H. The molecule has 84 valence electrons. The first kappa shape index (κ1) is 11.4. The highest BCUT2D eigenvalue weighted by Crippen LogP contribution is 2.36. The van der Waals surface area contributed by atoms with Crippen molar-refractivity contribution < 1.29 is 17.7 Å². The summed E-state index contributed by atoms with van der Waals surface area (Å²) < 4.78 is 42.9. The molecule has 1 aromatic carbocycles. The molecule has 1 aromatic heterocycles. The van der Waals surface area contributed by atoms with Crippen molar-refractivity contribution in [1.29, 1.82) is 0 Å². The van der Waals surface area contributed by atoms with Gasteiger partial charge in [-0.3, -0.25) is 0 Å². The van der Waals surface area contributed by atoms with Crippen molar-refractivity contribution in [3.63, 3.8) is 0 Å². The number of benzene rings is 1. The number of rotatable bonds is 1. The van der Waals surface area contributed by atoms with E-state index in [9.17, 15) is 13.2 Å². The van der Waals surface area contributed by atoms with E-state index in [4.69, 9.17) is 4.52 Å². The molecule has 0 N–H and O–H groups in total. The monoisotopic (exact) mass is 340 g/mol. The van der Waals surface area contributed by atoms with Gasteiger partial charge in [0, 0.05) is 22.6 Å². The summed E-state index contributed by atoms with van der Waals surface area (Å²) in [5, 5.41) is 3.45. The smallest absolute Gasteiger partial charge is 0.333 e. The van der Waals surface area contributed by atoms with Crippen LogP contribution in [-0.4, -0.2) is 10.1 Å². The van der Waals surface area contributed by atoms with E-state index in [0.29, 0.717) is 0 Å². The van der Waals surface area contributed by atoms with Crippen LogP contribution in [0.5, 0.6) is 0 Å². The Morgan fingerprint density at radius 2 is 1.88 bits per heavy atom. The molecule has 0 saturated heterocycles. The average Bonchev–Trinajstić information content (AvgIpc) is 2.64. The largest absolute Gasteiger partial charge is 0.417 e. The minimum Gasteiger partial charge on any atom is -0.333 e. The van der Waals surface area contributed by atoms with E-state index < -0.39 is 11.7 Å². The van der Waals surface area contributed by atoms with Crippen LogP contribution < -0.4 is 0 Å². The van der Waals surface area contributed by atoms with E-state index in [1.54, 1.807) is 22.6 Å². The lowest BCUT2D eigenvalue weighted by atomic mass is 10.1. The van der Waals surface area contributed by atoms with E-state index >= 15 is 0 Å². The summed E-state index contributed by atoms with van der Waals surface area (Å²) in [7, 11) is 0. The van der Waals surface area contributed by atoms with Gasteiger partial charge in [-0.1, -0.05) is 17.3 Å². The van der Waals surface area contributed by atoms with Crippen LogP contribution in [0.1, 0.15) is 5.56 Å². The van der Waals surface area contributed by atoms with Gasteiger partial charge in [-0.2, -0.15) is 18.2 Å². The van der Waals surface area contributed by atoms with Crippen molar-refractivity contribution in [1.82, 2.24) is 10.1 Å². The van der Waals surface area contributed by atoms with E-state index in [-0.39, 0.29) is 15.3 Å². The van der Waals surface area contributed by atoms with Gasteiger partial charge in [0.2, 0.25) is 3.83 Å². The number of aromatic nitrogens is 2. The van der Waals surface area contributed by atoms with Crippen molar-refractivity contribution in [3.05, 3.63) is 33.7 Å². The number of halogens is 4. The molecule has 0 aliphatic carbocycles. The summed E-state index contributed by atoms with van der Waals surface area (Å²) in [6.07, 6.45) is -4.43. The van der Waals surface area contributed by atoms with Crippen LogP contribution in [-0.2, 0) is 6.18 Å². The van der Waals surface area contributed by atoms with Gasteiger partial charge < -0.3 is 4.52 Å². The molecule has 0 radical (unpaired) electrons. The van der Waals surface area contributed by atoms with Crippen LogP contribution >= 0.6 is 22.6 Å². The van der Waals surface area contributed by atoms with Crippen LogP contribution in [0.3, 0.4) is 0 Å². The van der Waals surface area contributed by atoms with E-state index in [0.717, 1.165) is 6.07 Å². The highest BCUT2D eigenvalue weighted by atomic mass is 127. The maximum absolute atomic E-state index is 12.6. The maximum Gasteiger partial charge on any atom is 0.417 e. The maximum atomic E-state index is 12.6. The lowest BCUT2D eigenvalue weighted by Crippen LogP contribution is -2.06. The van der Waals surface area contributed by atoms with Gasteiger partial charge in [0.1, 0.15) is 0 Å². The Morgan fingerprint density at radius 3 is 2.44 bits per heavy atom. The van der Waals surface area contributed by atoms with Crippen molar-refractivity contribution in [2.45, 2.75) is 6.18 Å². The summed E-state index contributed by atoms with van der Waals surface area (Å²) in [4.78, 5) is 3.76. The fourth-order valence-corrected chi connectivity index (χ4v) is 1.55. The SMILES string of the molecule is FC(F)(F)c1ccccc1-c1nc(I)no1. The Hall–Kier alpha value is -1.12. The predicted octanol–water partition coefficient (Wildman–Crippen LogP) is 3.36. The van der Waals surface area contributed by atoms with Gasteiger partial charge in [-0.25, -0.2) is 0 Å². The third-order valence-electron chi connectivity index (χ3n) is 1.86. The fourth-order valence-electron chi connectivity index (χ4n) is 1.23. The Bertz CT molecular complexity index is 509. The fraction of sp³-hybridized carbons (Fsp3) is 0.111. The minimum absolute atomic E-state index is 0.106. The second-order valence-corrected chi connectivity index (χ2v) is 3.88. The van der Waals surface area contributed by atoms with Gasteiger partial charge in [-0.15, -0.1) is 0 Å². The zero-order chi connectivity index (χ0) is 11.8. The summed E-state index contributed by atoms with van der Waals surface area (Å²) >= 11 is 1.76. The zero-order valence-electron chi connectivity index (χ0n) is 7.62. The second kappa shape index (κ2) is 4.04. The molecule has 1 heterocycles. The van der Waals surface area contributed by atoms with Crippen molar-refractivity contribution in [2.24, 2.45) is 0 Å². The first-order chi connectivity index (χ1) is 7.48. The van der Waals surface area contributed by atoms with Crippen molar-refractivity contribution >= 4 is 22.6 Å². The van der Waals surface area contributed by atoms with E-state index in [2.05, 4.69) is 10.1 Å². The molecule has 0 unspecified atom stereocenters. The normalized spacial score (nSPS) is 11.8. The molecular weight excluding hydrogens is 336 g/mol. The van der Waals surface area contributed by atoms with Crippen LogP contribution in [0.4, 0.5) is 13.2 Å². The lowest BCUT2D eigenvalue weighted by Gasteiger charge is -2.09. The average molecular weight is 340 g/mol. The van der Waals surface area contributed by atoms with Gasteiger partial charge in [0.25, 0.3) is 5.89 Å². The van der Waals surface area contributed by atoms with Gasteiger partial charge in [-0.05, 0) is 12.1 Å². The molecule has 0 amide bonds. The zero-order valence-corrected chi connectivity index (χ0v) is 9.78. The Kier molecular flexibility index (Phi) is 2.87. The second-order valence-electron chi connectivity index (χ2n) is 2.91. The van der Waals surface area contributed by atoms with Crippen molar-refractivity contribution in [3.8, 4) is 11.5 Å². The predicted molar refractivity (Wildman–Crippen MR) is 57.5 cm³/mol. The topological polar surface area (TPSA) is 38.9 Å². The molecule has 2 rings (SSSR count). The molecule has 0 aliphatic heterocycles. The van der Waals surface area contributed by atoms with Gasteiger partial charge in [0.15, 0.2) is 0 Å². The van der Waals surface area contributed by atoms with Gasteiger partial charge in [0.05, 0.1) is 11.1 Å². The van der Waals surface area contributed by atoms with Crippen LogP contribution in [0.15, 0.2) is 28.8 Å². The Balaban J connectivity index is 2.57. The molecule has 7 heteroatoms. The first-order valence-corrected chi connectivity index (χ1v) is 5.22. The number of alkyl halides is 3. The quantitative estimate of drug-likeness (QED) is 0.748. The lowest BCUT2D eigenvalue weighted by molar-refractivity contribution is -0.137. The Labute approximate surface area is 102 Å². The highest BCUT2D eigenvalue weighted by molar-refractivity contribution is 14.1. The summed E-state index contributed by atoms with van der Waals surface area (Å²) in [6.45, 7) is 0. The van der Waals surface area contributed by atoms with Gasteiger partial charge >= 0.3 is 6.18 Å². The third kappa shape index (κ3) is 2.18. The van der Waals surface area contributed by atoms with E-state index in [1.807, 2.05) is 0 Å².